The number of benzene rings is 2. The summed E-state index contributed by atoms with van der Waals surface area (Å²) in [4.78, 5) is 14.5. The Morgan fingerprint density at radius 3 is 2.22 bits per heavy atom. The molecule has 168 valence electrons. The fourth-order valence-electron chi connectivity index (χ4n) is 3.85. The number of para-hydroxylation sites is 1. The number of hydrogen-bond donors (Lipinski definition) is 0. The van der Waals surface area contributed by atoms with Crippen LogP contribution in [0.2, 0.25) is 0 Å². The number of carbonyl (C=O) groups excluding carboxylic acids is 1. The van der Waals surface area contributed by atoms with Crippen molar-refractivity contribution >= 4 is 15.9 Å². The maximum absolute atomic E-state index is 13.5. The molecule has 1 aromatic heterocycles. The Bertz CT molecular complexity index is 1270. The van der Waals surface area contributed by atoms with Gasteiger partial charge in [-0.15, -0.1) is 0 Å². The van der Waals surface area contributed by atoms with E-state index in [0.29, 0.717) is 23.0 Å². The Hall–Kier alpha value is -3.11. The van der Waals surface area contributed by atoms with Crippen LogP contribution in [0.1, 0.15) is 21.7 Å². The first-order valence-electron chi connectivity index (χ1n) is 10.1. The number of sulfonamides is 1. The molecule has 1 fully saturated rings. The normalized spacial score (nSPS) is 15.2. The van der Waals surface area contributed by atoms with Crippen molar-refractivity contribution in [1.29, 1.82) is 0 Å². The minimum atomic E-state index is -3.99. The van der Waals surface area contributed by atoms with Crippen molar-refractivity contribution < 1.29 is 22.0 Å². The van der Waals surface area contributed by atoms with Crippen molar-refractivity contribution in [3.63, 3.8) is 0 Å². The van der Waals surface area contributed by atoms with Crippen molar-refractivity contribution in [2.24, 2.45) is 0 Å². The van der Waals surface area contributed by atoms with E-state index in [0.717, 1.165) is 17.8 Å². The lowest BCUT2D eigenvalue weighted by Crippen LogP contribution is -2.50. The van der Waals surface area contributed by atoms with E-state index < -0.39 is 21.7 Å². The summed E-state index contributed by atoms with van der Waals surface area (Å²) in [5.41, 5.74) is 2.63. The van der Waals surface area contributed by atoms with Crippen LogP contribution >= 0.6 is 0 Å². The number of rotatable bonds is 4. The molecule has 0 atom stereocenters. The number of piperazine rings is 1. The van der Waals surface area contributed by atoms with Crippen molar-refractivity contribution in [2.45, 2.75) is 18.7 Å². The predicted octanol–water partition coefficient (Wildman–Crippen LogP) is 2.91. The first-order valence-corrected chi connectivity index (χ1v) is 11.5. The molecule has 1 saturated heterocycles. The molecule has 0 aliphatic carbocycles. The van der Waals surface area contributed by atoms with Crippen molar-refractivity contribution in [3.05, 3.63) is 77.1 Å². The summed E-state index contributed by atoms with van der Waals surface area (Å²) < 4.78 is 55.1. The lowest BCUT2D eigenvalue weighted by Gasteiger charge is -2.34. The molecular weight excluding hydrogens is 438 g/mol. The Morgan fingerprint density at radius 1 is 0.938 bits per heavy atom. The van der Waals surface area contributed by atoms with E-state index in [-0.39, 0.29) is 37.0 Å². The van der Waals surface area contributed by atoms with Crippen LogP contribution in [-0.2, 0) is 10.0 Å². The van der Waals surface area contributed by atoms with Gasteiger partial charge in [0.2, 0.25) is 10.0 Å². The molecule has 1 amide bonds. The summed E-state index contributed by atoms with van der Waals surface area (Å²) in [6.45, 7) is 4.05. The Kier molecular flexibility index (Phi) is 5.83. The van der Waals surface area contributed by atoms with Crippen LogP contribution in [0.15, 0.2) is 53.4 Å². The Balaban J connectivity index is 1.51. The topological polar surface area (TPSA) is 75.5 Å². The van der Waals surface area contributed by atoms with Gasteiger partial charge in [0.05, 0.1) is 27.5 Å². The SMILES string of the molecule is Cc1nn(-c2ccccc2)c(C)c1C(=O)N1CCN(S(=O)(=O)c2ccc(F)c(F)c2)CC1. The minimum Gasteiger partial charge on any atom is -0.336 e. The number of aromatic nitrogens is 2. The fourth-order valence-corrected chi connectivity index (χ4v) is 5.28. The second-order valence-corrected chi connectivity index (χ2v) is 9.50. The van der Waals surface area contributed by atoms with Gasteiger partial charge in [-0.2, -0.15) is 9.40 Å². The Labute approximate surface area is 184 Å². The molecule has 10 heteroatoms. The van der Waals surface area contributed by atoms with E-state index in [4.69, 9.17) is 0 Å². The summed E-state index contributed by atoms with van der Waals surface area (Å²) in [6.07, 6.45) is 0. The molecule has 2 heterocycles. The van der Waals surface area contributed by atoms with Gasteiger partial charge >= 0.3 is 0 Å². The predicted molar refractivity (Wildman–Crippen MR) is 114 cm³/mol. The molecular formula is C22H22F2N4O3S. The van der Waals surface area contributed by atoms with E-state index in [9.17, 15) is 22.0 Å². The summed E-state index contributed by atoms with van der Waals surface area (Å²) in [6, 6.07) is 12.0. The molecule has 1 aliphatic heterocycles. The highest BCUT2D eigenvalue weighted by Crippen LogP contribution is 2.23. The van der Waals surface area contributed by atoms with Crippen molar-refractivity contribution in [1.82, 2.24) is 19.0 Å². The number of carbonyl (C=O) groups is 1. The van der Waals surface area contributed by atoms with Crippen molar-refractivity contribution in [2.75, 3.05) is 26.2 Å². The second-order valence-electron chi connectivity index (χ2n) is 7.57. The molecule has 0 spiro atoms. The second kappa shape index (κ2) is 8.44. The van der Waals surface area contributed by atoms with Gasteiger partial charge in [-0.3, -0.25) is 4.79 Å². The zero-order valence-electron chi connectivity index (χ0n) is 17.6. The highest BCUT2D eigenvalue weighted by molar-refractivity contribution is 7.89. The van der Waals surface area contributed by atoms with E-state index in [2.05, 4.69) is 5.10 Å². The van der Waals surface area contributed by atoms with E-state index >= 15 is 0 Å². The van der Waals surface area contributed by atoms with Gasteiger partial charge in [-0.05, 0) is 44.2 Å². The lowest BCUT2D eigenvalue weighted by molar-refractivity contribution is 0.0696. The summed E-state index contributed by atoms with van der Waals surface area (Å²) in [5, 5.41) is 4.50. The van der Waals surface area contributed by atoms with Gasteiger partial charge in [0.1, 0.15) is 0 Å². The molecule has 4 rings (SSSR count). The third kappa shape index (κ3) is 3.91. The van der Waals surface area contributed by atoms with E-state index in [1.807, 2.05) is 37.3 Å². The third-order valence-electron chi connectivity index (χ3n) is 5.56. The van der Waals surface area contributed by atoms with Crippen LogP contribution in [0.3, 0.4) is 0 Å². The number of hydrogen-bond acceptors (Lipinski definition) is 4. The quantitative estimate of drug-likeness (QED) is 0.600. The highest BCUT2D eigenvalue weighted by Gasteiger charge is 2.32. The first-order chi connectivity index (χ1) is 15.2. The molecule has 0 unspecified atom stereocenters. The molecule has 32 heavy (non-hydrogen) atoms. The van der Waals surface area contributed by atoms with Gasteiger partial charge in [-0.25, -0.2) is 21.9 Å². The van der Waals surface area contributed by atoms with Crippen LogP contribution in [-0.4, -0.2) is 59.5 Å². The third-order valence-corrected chi connectivity index (χ3v) is 7.46. The average molecular weight is 461 g/mol. The van der Waals surface area contributed by atoms with Gasteiger partial charge < -0.3 is 4.90 Å². The maximum Gasteiger partial charge on any atom is 0.257 e. The zero-order valence-corrected chi connectivity index (χ0v) is 18.4. The summed E-state index contributed by atoms with van der Waals surface area (Å²) in [7, 11) is -3.99. The smallest absolute Gasteiger partial charge is 0.257 e. The van der Waals surface area contributed by atoms with Crippen LogP contribution in [0, 0.1) is 25.5 Å². The van der Waals surface area contributed by atoms with Crippen LogP contribution < -0.4 is 0 Å². The first kappa shape index (κ1) is 22.1. The maximum atomic E-state index is 13.5. The van der Waals surface area contributed by atoms with Crippen molar-refractivity contribution in [3.8, 4) is 5.69 Å². The summed E-state index contributed by atoms with van der Waals surface area (Å²) in [5.74, 6) is -2.55. The van der Waals surface area contributed by atoms with Crippen LogP contribution in [0.25, 0.3) is 5.69 Å². The largest absolute Gasteiger partial charge is 0.336 e. The molecule has 7 nitrogen and oxygen atoms in total. The number of halogens is 2. The molecule has 1 aliphatic rings. The number of nitrogens with zero attached hydrogens (tertiary/aromatic N) is 4. The fraction of sp³-hybridized carbons (Fsp3) is 0.273. The van der Waals surface area contributed by atoms with Gasteiger partial charge in [0.15, 0.2) is 11.6 Å². The molecule has 0 saturated carbocycles. The molecule has 2 aromatic carbocycles. The van der Waals surface area contributed by atoms with Gasteiger partial charge in [0.25, 0.3) is 5.91 Å². The summed E-state index contributed by atoms with van der Waals surface area (Å²) >= 11 is 0. The van der Waals surface area contributed by atoms with Crippen LogP contribution in [0.5, 0.6) is 0 Å². The standard InChI is InChI=1S/C22H22F2N4O3S/c1-15-21(16(2)28(25-15)17-6-4-3-5-7-17)22(29)26-10-12-27(13-11-26)32(30,31)18-8-9-19(23)20(24)14-18/h3-9,14H,10-13H2,1-2H3. The molecule has 0 N–H and O–H groups in total. The van der Waals surface area contributed by atoms with Gasteiger partial charge in [-0.1, -0.05) is 18.2 Å². The molecule has 3 aromatic rings. The highest BCUT2D eigenvalue weighted by atomic mass is 32.2. The molecule has 0 radical (unpaired) electrons. The number of aryl methyl sites for hydroxylation is 1. The average Bonchev–Trinajstić information content (AvgIpc) is 3.09. The van der Waals surface area contributed by atoms with E-state index in [1.54, 1.807) is 16.5 Å². The minimum absolute atomic E-state index is 0.0536. The van der Waals surface area contributed by atoms with Crippen LogP contribution in [0.4, 0.5) is 8.78 Å². The lowest BCUT2D eigenvalue weighted by atomic mass is 10.1. The van der Waals surface area contributed by atoms with E-state index in [1.165, 1.54) is 4.31 Å². The number of amides is 1. The van der Waals surface area contributed by atoms with Gasteiger partial charge in [0, 0.05) is 26.2 Å². The molecule has 0 bridgehead atoms. The Morgan fingerprint density at radius 2 is 1.59 bits per heavy atom. The monoisotopic (exact) mass is 460 g/mol. The zero-order chi connectivity index (χ0) is 23.0.